The summed E-state index contributed by atoms with van der Waals surface area (Å²) in [6, 6.07) is 19.3. The third-order valence-corrected chi connectivity index (χ3v) is 8.28. The van der Waals surface area contributed by atoms with Gasteiger partial charge in [0.1, 0.15) is 18.2 Å². The molecule has 36 heavy (non-hydrogen) atoms. The van der Waals surface area contributed by atoms with Crippen LogP contribution in [-0.4, -0.2) is 15.9 Å². The molecule has 0 aliphatic heterocycles. The minimum absolute atomic E-state index is 0.128. The normalized spacial score (nSPS) is 14.5. The van der Waals surface area contributed by atoms with Gasteiger partial charge in [-0.2, -0.15) is 9.78 Å². The van der Waals surface area contributed by atoms with Gasteiger partial charge >= 0.3 is 0 Å². The molecule has 8 heteroatoms. The summed E-state index contributed by atoms with van der Waals surface area (Å²) in [6.07, 6.45) is 7.33. The van der Waals surface area contributed by atoms with Gasteiger partial charge < -0.3 is 4.74 Å². The van der Waals surface area contributed by atoms with Crippen LogP contribution in [0.5, 0.6) is 5.75 Å². The third-order valence-electron chi connectivity index (χ3n) is 6.43. The molecule has 1 aliphatic rings. The zero-order valence-corrected chi connectivity index (χ0v) is 24.2. The van der Waals surface area contributed by atoms with Gasteiger partial charge in [0.05, 0.1) is 21.6 Å². The second-order valence-electron chi connectivity index (χ2n) is 8.90. The molecular formula is C28H24Br3N3O2. The van der Waals surface area contributed by atoms with E-state index < -0.39 is 0 Å². The Morgan fingerprint density at radius 2 is 1.78 bits per heavy atom. The van der Waals surface area contributed by atoms with Crippen molar-refractivity contribution in [2.75, 3.05) is 0 Å². The van der Waals surface area contributed by atoms with E-state index in [1.165, 1.54) is 11.1 Å². The average molecular weight is 674 g/mol. The largest absolute Gasteiger partial charge is 0.488 e. The van der Waals surface area contributed by atoms with Crippen molar-refractivity contribution in [3.05, 3.63) is 101 Å². The number of benzene rings is 3. The van der Waals surface area contributed by atoms with E-state index in [9.17, 15) is 4.79 Å². The summed E-state index contributed by atoms with van der Waals surface area (Å²) >= 11 is 10.7. The lowest BCUT2D eigenvalue weighted by atomic mass is 9.88. The molecule has 0 spiro atoms. The molecule has 0 N–H and O–H groups in total. The molecule has 1 saturated carbocycles. The number of fused-ring (bicyclic) bond motifs is 1. The van der Waals surface area contributed by atoms with Gasteiger partial charge in [-0.25, -0.2) is 4.98 Å². The highest BCUT2D eigenvalue weighted by Crippen LogP contribution is 2.32. The van der Waals surface area contributed by atoms with E-state index in [2.05, 4.69) is 52.9 Å². The molecule has 0 unspecified atom stereocenters. The predicted molar refractivity (Wildman–Crippen MR) is 155 cm³/mol. The first-order valence-electron chi connectivity index (χ1n) is 11.9. The van der Waals surface area contributed by atoms with E-state index in [-0.39, 0.29) is 11.5 Å². The molecule has 1 heterocycles. The lowest BCUT2D eigenvalue weighted by Crippen LogP contribution is -2.25. The number of para-hydroxylation sites is 1. The Kier molecular flexibility index (Phi) is 8.03. The van der Waals surface area contributed by atoms with E-state index >= 15 is 0 Å². The lowest BCUT2D eigenvalue weighted by molar-refractivity contribution is 0.303. The van der Waals surface area contributed by atoms with Crippen molar-refractivity contribution in [1.29, 1.82) is 0 Å². The molecule has 184 valence electrons. The molecule has 0 radical (unpaired) electrons. The molecule has 1 aromatic heterocycles. The Morgan fingerprint density at radius 3 is 2.56 bits per heavy atom. The Labute approximate surface area is 235 Å². The summed E-state index contributed by atoms with van der Waals surface area (Å²) in [7, 11) is 0. The summed E-state index contributed by atoms with van der Waals surface area (Å²) in [5, 5.41) is 5.21. The number of nitrogens with zero attached hydrogens (tertiary/aromatic N) is 3. The lowest BCUT2D eigenvalue weighted by Gasteiger charge is -2.22. The van der Waals surface area contributed by atoms with Gasteiger partial charge in [-0.3, -0.25) is 4.79 Å². The Bertz CT molecular complexity index is 1490. The first-order chi connectivity index (χ1) is 17.5. The SMILES string of the molecule is O=c1c2ccccc2nc(C2CCCCC2)n1N=Cc1ccc(OCc2ccc(Br)cc2Br)c(Br)c1. The van der Waals surface area contributed by atoms with Gasteiger partial charge in [-0.15, -0.1) is 0 Å². The van der Waals surface area contributed by atoms with Crippen molar-refractivity contribution in [3.8, 4) is 5.75 Å². The van der Waals surface area contributed by atoms with Crippen LogP contribution in [0.3, 0.4) is 0 Å². The standard InChI is InChI=1S/C28H24Br3N3O2/c29-21-12-11-20(23(30)15-21)17-36-26-13-10-18(14-24(26)31)16-32-34-27(19-6-2-1-3-7-19)33-25-9-5-4-8-22(25)28(34)35/h4-5,8-16,19H,1-3,6-7,17H2. The molecule has 3 aromatic carbocycles. The first kappa shape index (κ1) is 25.4. The molecule has 0 amide bonds. The highest BCUT2D eigenvalue weighted by Gasteiger charge is 2.22. The van der Waals surface area contributed by atoms with Crippen molar-refractivity contribution in [2.24, 2.45) is 5.10 Å². The third kappa shape index (κ3) is 5.66. The van der Waals surface area contributed by atoms with E-state index in [0.717, 1.165) is 67.3 Å². The van der Waals surface area contributed by atoms with Crippen molar-refractivity contribution in [2.45, 2.75) is 44.6 Å². The second-order valence-corrected chi connectivity index (χ2v) is 11.5. The van der Waals surface area contributed by atoms with Crippen LogP contribution in [0.4, 0.5) is 0 Å². The van der Waals surface area contributed by atoms with Crippen LogP contribution in [0.25, 0.3) is 10.9 Å². The minimum atomic E-state index is -0.128. The zero-order valence-electron chi connectivity index (χ0n) is 19.5. The number of halogens is 3. The van der Waals surface area contributed by atoms with E-state index in [4.69, 9.17) is 9.72 Å². The quantitative estimate of drug-likeness (QED) is 0.194. The molecule has 0 atom stereocenters. The van der Waals surface area contributed by atoms with Gasteiger partial charge in [0.2, 0.25) is 0 Å². The summed E-state index contributed by atoms with van der Waals surface area (Å²) in [5.74, 6) is 1.73. The van der Waals surface area contributed by atoms with Crippen molar-refractivity contribution >= 4 is 64.9 Å². The predicted octanol–water partition coefficient (Wildman–Crippen LogP) is 8.19. The summed E-state index contributed by atoms with van der Waals surface area (Å²) < 4.78 is 10.3. The molecule has 1 fully saturated rings. The van der Waals surface area contributed by atoms with E-state index in [0.29, 0.717) is 12.0 Å². The molecule has 5 nitrogen and oxygen atoms in total. The van der Waals surface area contributed by atoms with Crippen LogP contribution in [0.15, 0.2) is 84.0 Å². The zero-order chi connectivity index (χ0) is 25.1. The van der Waals surface area contributed by atoms with Crippen LogP contribution < -0.4 is 10.3 Å². The van der Waals surface area contributed by atoms with Crippen molar-refractivity contribution < 1.29 is 4.74 Å². The highest BCUT2D eigenvalue weighted by atomic mass is 79.9. The number of ether oxygens (including phenoxy) is 1. The molecule has 5 rings (SSSR count). The number of hydrogen-bond acceptors (Lipinski definition) is 4. The Balaban J connectivity index is 1.41. The van der Waals surface area contributed by atoms with E-state index in [1.54, 1.807) is 6.21 Å². The average Bonchev–Trinajstić information content (AvgIpc) is 2.89. The summed E-state index contributed by atoms with van der Waals surface area (Å²) in [6.45, 7) is 0.433. The van der Waals surface area contributed by atoms with Crippen LogP contribution in [0.1, 0.15) is 55.0 Å². The smallest absolute Gasteiger partial charge is 0.282 e. The van der Waals surface area contributed by atoms with Crippen LogP contribution >= 0.6 is 47.8 Å². The first-order valence-corrected chi connectivity index (χ1v) is 14.3. The molecule has 1 aliphatic carbocycles. The van der Waals surface area contributed by atoms with Gasteiger partial charge in [0.15, 0.2) is 0 Å². The Morgan fingerprint density at radius 1 is 0.972 bits per heavy atom. The topological polar surface area (TPSA) is 56.5 Å². The number of rotatable bonds is 6. The van der Waals surface area contributed by atoms with Crippen molar-refractivity contribution in [1.82, 2.24) is 9.66 Å². The molecule has 4 aromatic rings. The maximum atomic E-state index is 13.4. The second kappa shape index (κ2) is 11.4. The van der Waals surface area contributed by atoms with Crippen LogP contribution in [0, 0.1) is 0 Å². The van der Waals surface area contributed by atoms with Gasteiger partial charge in [-0.1, -0.05) is 69.3 Å². The van der Waals surface area contributed by atoms with Crippen LogP contribution in [0.2, 0.25) is 0 Å². The van der Waals surface area contributed by atoms with Gasteiger partial charge in [-0.05, 0) is 76.8 Å². The minimum Gasteiger partial charge on any atom is -0.488 e. The fourth-order valence-electron chi connectivity index (χ4n) is 4.51. The number of hydrogen-bond donors (Lipinski definition) is 0. The monoisotopic (exact) mass is 671 g/mol. The highest BCUT2D eigenvalue weighted by molar-refractivity contribution is 9.11. The van der Waals surface area contributed by atoms with E-state index in [1.807, 2.05) is 60.7 Å². The fraction of sp³-hybridized carbons (Fsp3) is 0.250. The number of aromatic nitrogens is 2. The fourth-order valence-corrected chi connectivity index (χ4v) is 6.18. The molecule has 0 saturated heterocycles. The van der Waals surface area contributed by atoms with Crippen LogP contribution in [-0.2, 0) is 6.61 Å². The van der Waals surface area contributed by atoms with Gasteiger partial charge in [0.25, 0.3) is 5.56 Å². The maximum absolute atomic E-state index is 13.4. The molecular weight excluding hydrogens is 650 g/mol. The van der Waals surface area contributed by atoms with Crippen molar-refractivity contribution in [3.63, 3.8) is 0 Å². The summed E-state index contributed by atoms with van der Waals surface area (Å²) in [5.41, 5.74) is 2.51. The van der Waals surface area contributed by atoms with Gasteiger partial charge in [0, 0.05) is 20.4 Å². The molecule has 0 bridgehead atoms. The summed E-state index contributed by atoms with van der Waals surface area (Å²) in [4.78, 5) is 18.3. The Hall–Kier alpha value is -2.29. The maximum Gasteiger partial charge on any atom is 0.282 e.